The van der Waals surface area contributed by atoms with Gasteiger partial charge in [-0.3, -0.25) is 19.4 Å². The maximum Gasteiger partial charge on any atom is 0.316 e. The summed E-state index contributed by atoms with van der Waals surface area (Å²) in [5, 5.41) is 10.6. The highest BCUT2D eigenvalue weighted by molar-refractivity contribution is 8.00. The minimum atomic E-state index is -1.04. The van der Waals surface area contributed by atoms with Crippen LogP contribution in [0.25, 0.3) is 0 Å². The molecular formula is C15H16N4O4S. The maximum atomic E-state index is 12.2. The van der Waals surface area contributed by atoms with E-state index in [0.29, 0.717) is 5.56 Å². The number of aryl methyl sites for hydroxylation is 1. The van der Waals surface area contributed by atoms with Crippen LogP contribution in [0.1, 0.15) is 22.8 Å². The molecule has 0 radical (unpaired) electrons. The van der Waals surface area contributed by atoms with Crippen LogP contribution in [0, 0.1) is 6.92 Å². The zero-order valence-corrected chi connectivity index (χ0v) is 13.8. The molecule has 0 bridgehead atoms. The largest absolute Gasteiger partial charge is 0.480 e. The second-order valence-corrected chi connectivity index (χ2v) is 6.38. The standard InChI is InChI=1S/C15H16N4O4S/c1-7-3-5-9(6-4-7)12(20)17-10-11(16)18-15(19-13(10)21)24-8(2)14(22)23/h3-6,8H,1-2H3,(H,17,20)(H,22,23)(H3,16,18,19,21)/t8-/m0/s1. The Morgan fingerprint density at radius 1 is 1.33 bits per heavy atom. The first-order chi connectivity index (χ1) is 11.3. The summed E-state index contributed by atoms with van der Waals surface area (Å²) in [6, 6.07) is 6.80. The number of carbonyl (C=O) groups is 2. The van der Waals surface area contributed by atoms with Crippen molar-refractivity contribution in [2.45, 2.75) is 24.3 Å². The van der Waals surface area contributed by atoms with Crippen LogP contribution in [0.4, 0.5) is 11.5 Å². The van der Waals surface area contributed by atoms with E-state index >= 15 is 0 Å². The fraction of sp³-hybridized carbons (Fsp3) is 0.200. The molecule has 0 spiro atoms. The molecule has 2 rings (SSSR count). The summed E-state index contributed by atoms with van der Waals surface area (Å²) >= 11 is 0.847. The number of benzene rings is 1. The van der Waals surface area contributed by atoms with E-state index in [2.05, 4.69) is 15.3 Å². The molecule has 0 saturated heterocycles. The van der Waals surface area contributed by atoms with E-state index in [9.17, 15) is 14.4 Å². The average molecular weight is 348 g/mol. The number of nitrogen functional groups attached to an aromatic ring is 1. The molecule has 0 saturated carbocycles. The lowest BCUT2D eigenvalue weighted by atomic mass is 10.1. The quantitative estimate of drug-likeness (QED) is 0.474. The van der Waals surface area contributed by atoms with E-state index in [1.807, 2.05) is 6.92 Å². The number of nitrogens with zero attached hydrogens (tertiary/aromatic N) is 1. The Bertz CT molecular complexity index is 832. The fourth-order valence-corrected chi connectivity index (χ4v) is 2.49. The third kappa shape index (κ3) is 4.13. The number of anilines is 2. The first-order valence-electron chi connectivity index (χ1n) is 6.95. The number of aliphatic carboxylic acids is 1. The van der Waals surface area contributed by atoms with Gasteiger partial charge in [0.2, 0.25) is 0 Å². The molecule has 0 aliphatic carbocycles. The number of carbonyl (C=O) groups excluding carboxylic acids is 1. The molecule has 24 heavy (non-hydrogen) atoms. The van der Waals surface area contributed by atoms with Crippen LogP contribution in [0.5, 0.6) is 0 Å². The fourth-order valence-electron chi connectivity index (χ4n) is 1.75. The van der Waals surface area contributed by atoms with E-state index in [1.165, 1.54) is 6.92 Å². The van der Waals surface area contributed by atoms with Crippen molar-refractivity contribution in [1.29, 1.82) is 0 Å². The monoisotopic (exact) mass is 348 g/mol. The van der Waals surface area contributed by atoms with Crippen molar-refractivity contribution in [3.63, 3.8) is 0 Å². The van der Waals surface area contributed by atoms with Gasteiger partial charge in [0.15, 0.2) is 11.0 Å². The summed E-state index contributed by atoms with van der Waals surface area (Å²) in [6.45, 7) is 3.35. The molecule has 1 amide bonds. The van der Waals surface area contributed by atoms with Gasteiger partial charge in [-0.15, -0.1) is 0 Å². The third-order valence-electron chi connectivity index (χ3n) is 3.11. The highest BCUT2D eigenvalue weighted by atomic mass is 32.2. The molecule has 1 aromatic carbocycles. The number of thioether (sulfide) groups is 1. The molecule has 1 atom stereocenters. The van der Waals surface area contributed by atoms with Gasteiger partial charge in [-0.1, -0.05) is 29.5 Å². The molecule has 1 aromatic heterocycles. The van der Waals surface area contributed by atoms with Crippen molar-refractivity contribution in [1.82, 2.24) is 9.97 Å². The number of carboxylic acid groups (broad SMARTS) is 1. The summed E-state index contributed by atoms with van der Waals surface area (Å²) in [5.74, 6) is -1.72. The lowest BCUT2D eigenvalue weighted by Gasteiger charge is -2.10. The lowest BCUT2D eigenvalue weighted by molar-refractivity contribution is -0.136. The van der Waals surface area contributed by atoms with E-state index in [1.54, 1.807) is 24.3 Å². The number of nitrogens with two attached hydrogens (primary N) is 1. The van der Waals surface area contributed by atoms with Gasteiger partial charge in [0.1, 0.15) is 10.9 Å². The normalized spacial score (nSPS) is 11.8. The highest BCUT2D eigenvalue weighted by Crippen LogP contribution is 2.21. The Hall–Kier alpha value is -2.81. The number of rotatable bonds is 5. The van der Waals surface area contributed by atoms with Crippen molar-refractivity contribution in [3.05, 3.63) is 45.7 Å². The number of carboxylic acids is 1. The van der Waals surface area contributed by atoms with Crippen molar-refractivity contribution < 1.29 is 14.7 Å². The second-order valence-electron chi connectivity index (χ2n) is 5.05. The first kappa shape index (κ1) is 17.5. The molecule has 126 valence electrons. The number of nitrogens with one attached hydrogen (secondary N) is 2. The van der Waals surface area contributed by atoms with E-state index in [-0.39, 0.29) is 16.7 Å². The van der Waals surface area contributed by atoms with Crippen LogP contribution in [-0.2, 0) is 4.79 Å². The zero-order chi connectivity index (χ0) is 17.9. The van der Waals surface area contributed by atoms with Crippen LogP contribution < -0.4 is 16.6 Å². The van der Waals surface area contributed by atoms with Crippen LogP contribution >= 0.6 is 11.8 Å². The maximum absolute atomic E-state index is 12.2. The molecule has 5 N–H and O–H groups in total. The number of amides is 1. The summed E-state index contributed by atoms with van der Waals surface area (Å²) in [5.41, 5.74) is 6.27. The van der Waals surface area contributed by atoms with Gasteiger partial charge < -0.3 is 16.2 Å². The number of H-pyrrole nitrogens is 1. The number of hydrogen-bond acceptors (Lipinski definition) is 6. The lowest BCUT2D eigenvalue weighted by Crippen LogP contribution is -2.23. The molecular weight excluding hydrogens is 332 g/mol. The van der Waals surface area contributed by atoms with Crippen LogP contribution in [0.15, 0.2) is 34.2 Å². The van der Waals surface area contributed by atoms with Gasteiger partial charge in [-0.25, -0.2) is 4.98 Å². The van der Waals surface area contributed by atoms with Gasteiger partial charge >= 0.3 is 5.97 Å². The predicted molar refractivity (Wildman–Crippen MR) is 91.4 cm³/mol. The summed E-state index contributed by atoms with van der Waals surface area (Å²) in [4.78, 5) is 41.4. The first-order valence-corrected chi connectivity index (χ1v) is 7.83. The molecule has 8 nitrogen and oxygen atoms in total. The Kier molecular flexibility index (Phi) is 5.24. The molecule has 0 unspecified atom stereocenters. The van der Waals surface area contributed by atoms with E-state index in [4.69, 9.17) is 10.8 Å². The number of aromatic amines is 1. The van der Waals surface area contributed by atoms with Crippen molar-refractivity contribution in [2.75, 3.05) is 11.1 Å². The van der Waals surface area contributed by atoms with E-state index < -0.39 is 22.7 Å². The molecule has 2 aromatic rings. The topological polar surface area (TPSA) is 138 Å². The second kappa shape index (κ2) is 7.18. The Balaban J connectivity index is 2.22. The Morgan fingerprint density at radius 2 is 1.96 bits per heavy atom. The SMILES string of the molecule is Cc1ccc(C(=O)Nc2c(N)nc(S[C@@H](C)C(=O)O)[nH]c2=O)cc1. The minimum Gasteiger partial charge on any atom is -0.480 e. The van der Waals surface area contributed by atoms with Gasteiger partial charge in [0.05, 0.1) is 0 Å². The summed E-state index contributed by atoms with van der Waals surface area (Å²) in [6.07, 6.45) is 0. The average Bonchev–Trinajstić information content (AvgIpc) is 2.51. The highest BCUT2D eigenvalue weighted by Gasteiger charge is 2.18. The Morgan fingerprint density at radius 3 is 2.50 bits per heavy atom. The smallest absolute Gasteiger partial charge is 0.316 e. The third-order valence-corrected chi connectivity index (χ3v) is 4.09. The van der Waals surface area contributed by atoms with Gasteiger partial charge in [0, 0.05) is 5.56 Å². The van der Waals surface area contributed by atoms with Crippen molar-refractivity contribution in [3.8, 4) is 0 Å². The summed E-state index contributed by atoms with van der Waals surface area (Å²) < 4.78 is 0. The van der Waals surface area contributed by atoms with Crippen molar-refractivity contribution in [2.24, 2.45) is 0 Å². The molecule has 0 aliphatic heterocycles. The van der Waals surface area contributed by atoms with Gasteiger partial charge in [0.25, 0.3) is 11.5 Å². The van der Waals surface area contributed by atoms with Crippen LogP contribution in [0.3, 0.4) is 0 Å². The molecule has 0 fully saturated rings. The summed E-state index contributed by atoms with van der Waals surface area (Å²) in [7, 11) is 0. The van der Waals surface area contributed by atoms with Gasteiger partial charge in [-0.05, 0) is 26.0 Å². The molecule has 9 heteroatoms. The van der Waals surface area contributed by atoms with Crippen LogP contribution in [0.2, 0.25) is 0 Å². The molecule has 0 aliphatic rings. The number of hydrogen-bond donors (Lipinski definition) is 4. The van der Waals surface area contributed by atoms with Crippen molar-refractivity contribution >= 4 is 35.1 Å². The minimum absolute atomic E-state index is 0.0701. The number of aromatic nitrogens is 2. The van der Waals surface area contributed by atoms with Gasteiger partial charge in [-0.2, -0.15) is 0 Å². The molecule has 1 heterocycles. The Labute approximate surface area is 141 Å². The van der Waals surface area contributed by atoms with E-state index in [0.717, 1.165) is 17.3 Å². The predicted octanol–water partition coefficient (Wildman–Crippen LogP) is 1.48. The van der Waals surface area contributed by atoms with Crippen LogP contribution in [-0.4, -0.2) is 32.2 Å². The zero-order valence-electron chi connectivity index (χ0n) is 13.0.